The summed E-state index contributed by atoms with van der Waals surface area (Å²) in [7, 11) is 0. The first kappa shape index (κ1) is 13.1. The van der Waals surface area contributed by atoms with Crippen LogP contribution in [0.1, 0.15) is 5.89 Å². The Kier molecular flexibility index (Phi) is 3.66. The molecule has 2 heterocycles. The summed E-state index contributed by atoms with van der Waals surface area (Å²) in [6.07, 6.45) is 0. The molecule has 1 fully saturated rings. The first-order valence-corrected chi connectivity index (χ1v) is 6.66. The normalized spacial score (nSPS) is 16.1. The average molecular weight is 293 g/mol. The van der Waals surface area contributed by atoms with Gasteiger partial charge in [-0.2, -0.15) is 4.98 Å². The Morgan fingerprint density at radius 3 is 2.90 bits per heavy atom. The van der Waals surface area contributed by atoms with E-state index in [1.54, 1.807) is 12.1 Å². The second kappa shape index (κ2) is 5.60. The molecule has 0 atom stereocenters. The topological polar surface area (TPSA) is 71.3 Å². The molecule has 2 aromatic rings. The van der Waals surface area contributed by atoms with Gasteiger partial charge in [-0.05, 0) is 24.3 Å². The largest absolute Gasteiger partial charge is 0.354 e. The lowest BCUT2D eigenvalue weighted by atomic mass is 10.2. The zero-order chi connectivity index (χ0) is 13.9. The lowest BCUT2D eigenvalue weighted by Crippen LogP contribution is -2.47. The van der Waals surface area contributed by atoms with Gasteiger partial charge in [0.15, 0.2) is 0 Å². The zero-order valence-electron chi connectivity index (χ0n) is 10.7. The SMILES string of the molecule is O=C1CN(Cc2nc(-c3ccc(Cl)cc3)no2)CCN1. The van der Waals surface area contributed by atoms with E-state index < -0.39 is 0 Å². The van der Waals surface area contributed by atoms with E-state index in [-0.39, 0.29) is 5.91 Å². The van der Waals surface area contributed by atoms with Gasteiger partial charge in [-0.3, -0.25) is 9.69 Å². The molecule has 0 saturated carbocycles. The average Bonchev–Trinajstić information content (AvgIpc) is 2.88. The zero-order valence-corrected chi connectivity index (χ0v) is 11.4. The van der Waals surface area contributed by atoms with Gasteiger partial charge in [-0.25, -0.2) is 0 Å². The van der Waals surface area contributed by atoms with Gasteiger partial charge in [0.1, 0.15) is 0 Å². The molecule has 1 aliphatic rings. The van der Waals surface area contributed by atoms with Crippen molar-refractivity contribution in [2.24, 2.45) is 0 Å². The van der Waals surface area contributed by atoms with Crippen molar-refractivity contribution in [2.75, 3.05) is 19.6 Å². The molecule has 1 aliphatic heterocycles. The van der Waals surface area contributed by atoms with Gasteiger partial charge in [0, 0.05) is 23.7 Å². The molecule has 1 aromatic heterocycles. The molecule has 7 heteroatoms. The van der Waals surface area contributed by atoms with Crippen LogP contribution in [0, 0.1) is 0 Å². The maximum Gasteiger partial charge on any atom is 0.241 e. The monoisotopic (exact) mass is 292 g/mol. The lowest BCUT2D eigenvalue weighted by molar-refractivity contribution is -0.124. The number of nitrogens with one attached hydrogen (secondary N) is 1. The molecule has 1 saturated heterocycles. The predicted octanol–water partition coefficient (Wildman–Crippen LogP) is 1.32. The number of amides is 1. The molecule has 1 N–H and O–H groups in total. The number of aromatic nitrogens is 2. The fraction of sp³-hybridized carbons (Fsp3) is 0.308. The summed E-state index contributed by atoms with van der Waals surface area (Å²) in [6, 6.07) is 7.24. The van der Waals surface area contributed by atoms with E-state index in [0.29, 0.717) is 36.4 Å². The third kappa shape index (κ3) is 2.97. The Balaban J connectivity index is 1.70. The van der Waals surface area contributed by atoms with Crippen LogP contribution in [0.15, 0.2) is 28.8 Å². The third-order valence-electron chi connectivity index (χ3n) is 3.05. The summed E-state index contributed by atoms with van der Waals surface area (Å²) in [5.41, 5.74) is 0.848. The van der Waals surface area contributed by atoms with Gasteiger partial charge in [-0.1, -0.05) is 16.8 Å². The molecule has 3 rings (SSSR count). The summed E-state index contributed by atoms with van der Waals surface area (Å²) >= 11 is 5.84. The molecule has 104 valence electrons. The van der Waals surface area contributed by atoms with Crippen LogP contribution in [0.4, 0.5) is 0 Å². The Morgan fingerprint density at radius 2 is 2.15 bits per heavy atom. The van der Waals surface area contributed by atoms with Gasteiger partial charge < -0.3 is 9.84 Å². The molecule has 0 spiro atoms. The van der Waals surface area contributed by atoms with Crippen LogP contribution in [0.25, 0.3) is 11.4 Å². The summed E-state index contributed by atoms with van der Waals surface area (Å²) in [6.45, 7) is 2.27. The minimum absolute atomic E-state index is 0.0219. The molecule has 20 heavy (non-hydrogen) atoms. The smallest absolute Gasteiger partial charge is 0.241 e. The van der Waals surface area contributed by atoms with Crippen LogP contribution < -0.4 is 5.32 Å². The standard InChI is InChI=1S/C13H13ClN4O2/c14-10-3-1-9(2-4-10)13-16-12(20-17-13)8-18-6-5-15-11(19)7-18/h1-4H,5-8H2,(H,15,19). The van der Waals surface area contributed by atoms with Crippen molar-refractivity contribution in [3.8, 4) is 11.4 Å². The Morgan fingerprint density at radius 1 is 1.35 bits per heavy atom. The molecule has 0 radical (unpaired) electrons. The molecule has 6 nitrogen and oxygen atoms in total. The van der Waals surface area contributed by atoms with E-state index in [2.05, 4.69) is 15.5 Å². The molecule has 0 unspecified atom stereocenters. The first-order chi connectivity index (χ1) is 9.70. The molecular formula is C13H13ClN4O2. The van der Waals surface area contributed by atoms with Crippen LogP contribution in [-0.4, -0.2) is 40.6 Å². The molecular weight excluding hydrogens is 280 g/mol. The molecule has 1 amide bonds. The van der Waals surface area contributed by atoms with Gasteiger partial charge in [0.05, 0.1) is 13.1 Å². The number of hydrogen-bond acceptors (Lipinski definition) is 5. The second-order valence-corrected chi connectivity index (χ2v) is 5.02. The van der Waals surface area contributed by atoms with E-state index in [9.17, 15) is 4.79 Å². The van der Waals surface area contributed by atoms with Gasteiger partial charge in [0.2, 0.25) is 17.6 Å². The Bertz CT molecular complexity index is 611. The van der Waals surface area contributed by atoms with E-state index in [1.165, 1.54) is 0 Å². The van der Waals surface area contributed by atoms with Crippen molar-refractivity contribution in [1.82, 2.24) is 20.4 Å². The number of benzene rings is 1. The van der Waals surface area contributed by atoms with Crippen molar-refractivity contribution in [2.45, 2.75) is 6.54 Å². The van der Waals surface area contributed by atoms with Crippen molar-refractivity contribution >= 4 is 17.5 Å². The Hall–Kier alpha value is -1.92. The van der Waals surface area contributed by atoms with Gasteiger partial charge >= 0.3 is 0 Å². The van der Waals surface area contributed by atoms with Crippen molar-refractivity contribution in [3.63, 3.8) is 0 Å². The fourth-order valence-electron chi connectivity index (χ4n) is 2.05. The highest BCUT2D eigenvalue weighted by Crippen LogP contribution is 2.19. The maximum absolute atomic E-state index is 11.3. The minimum Gasteiger partial charge on any atom is -0.354 e. The number of hydrogen-bond donors (Lipinski definition) is 1. The number of carbonyl (C=O) groups excluding carboxylic acids is 1. The van der Waals surface area contributed by atoms with Crippen LogP contribution in [0.3, 0.4) is 0 Å². The number of piperazine rings is 1. The number of nitrogens with zero attached hydrogens (tertiary/aromatic N) is 3. The molecule has 1 aromatic carbocycles. The first-order valence-electron chi connectivity index (χ1n) is 6.28. The summed E-state index contributed by atoms with van der Waals surface area (Å²) < 4.78 is 5.22. The quantitative estimate of drug-likeness (QED) is 0.924. The van der Waals surface area contributed by atoms with E-state index in [1.807, 2.05) is 17.0 Å². The van der Waals surface area contributed by atoms with Gasteiger partial charge in [0.25, 0.3) is 0 Å². The van der Waals surface area contributed by atoms with Crippen LogP contribution in [-0.2, 0) is 11.3 Å². The van der Waals surface area contributed by atoms with Crippen LogP contribution in [0.5, 0.6) is 0 Å². The summed E-state index contributed by atoms with van der Waals surface area (Å²) in [5.74, 6) is 1.05. The van der Waals surface area contributed by atoms with E-state index in [4.69, 9.17) is 16.1 Å². The van der Waals surface area contributed by atoms with E-state index in [0.717, 1.165) is 12.1 Å². The van der Waals surface area contributed by atoms with Gasteiger partial charge in [-0.15, -0.1) is 0 Å². The minimum atomic E-state index is 0.0219. The highest BCUT2D eigenvalue weighted by atomic mass is 35.5. The number of halogens is 1. The fourth-order valence-corrected chi connectivity index (χ4v) is 2.18. The highest BCUT2D eigenvalue weighted by molar-refractivity contribution is 6.30. The highest BCUT2D eigenvalue weighted by Gasteiger charge is 2.19. The molecule has 0 aliphatic carbocycles. The maximum atomic E-state index is 11.3. The predicted molar refractivity (Wildman–Crippen MR) is 73.0 cm³/mol. The van der Waals surface area contributed by atoms with Crippen molar-refractivity contribution < 1.29 is 9.32 Å². The van der Waals surface area contributed by atoms with Crippen molar-refractivity contribution in [3.05, 3.63) is 35.2 Å². The number of rotatable bonds is 3. The lowest BCUT2D eigenvalue weighted by Gasteiger charge is -2.24. The third-order valence-corrected chi connectivity index (χ3v) is 3.30. The summed E-state index contributed by atoms with van der Waals surface area (Å²) in [4.78, 5) is 17.6. The number of carbonyl (C=O) groups is 1. The van der Waals surface area contributed by atoms with Crippen molar-refractivity contribution in [1.29, 1.82) is 0 Å². The molecule has 0 bridgehead atoms. The van der Waals surface area contributed by atoms with Crippen LogP contribution >= 0.6 is 11.6 Å². The second-order valence-electron chi connectivity index (χ2n) is 4.58. The summed E-state index contributed by atoms with van der Waals surface area (Å²) in [5, 5.41) is 7.38. The van der Waals surface area contributed by atoms with E-state index >= 15 is 0 Å². The van der Waals surface area contributed by atoms with Crippen LogP contribution in [0.2, 0.25) is 5.02 Å². The Labute approximate surface area is 120 Å².